The Labute approximate surface area is 116 Å². The molecule has 0 saturated carbocycles. The van der Waals surface area contributed by atoms with Crippen LogP contribution >= 0.6 is 0 Å². The lowest BCUT2D eigenvalue weighted by molar-refractivity contribution is -0.384. The zero-order chi connectivity index (χ0) is 15.3. The minimum Gasteiger partial charge on any atom is -0.360 e. The van der Waals surface area contributed by atoms with E-state index < -0.39 is 10.3 Å². The van der Waals surface area contributed by atoms with Gasteiger partial charge in [0.05, 0.1) is 4.92 Å². The van der Waals surface area contributed by atoms with E-state index in [1.165, 1.54) is 30.5 Å². The Morgan fingerprint density at radius 2 is 1.90 bits per heavy atom. The molecule has 0 bridgehead atoms. The topological polar surface area (TPSA) is 96.0 Å². The summed E-state index contributed by atoms with van der Waals surface area (Å²) in [5.41, 5.74) is -0.0923. The number of Topliss-reactive ketones (excluding diaryl/α,β-unsaturated/α-hetero) is 1. The van der Waals surface area contributed by atoms with Crippen LogP contribution in [0.1, 0.15) is 20.8 Å². The first-order valence-electron chi connectivity index (χ1n) is 5.92. The molecule has 0 amide bonds. The largest absolute Gasteiger partial charge is 0.360 e. The highest BCUT2D eigenvalue weighted by atomic mass is 16.6. The average Bonchev–Trinajstić information content (AvgIpc) is 2.38. The Morgan fingerprint density at radius 3 is 2.30 bits per heavy atom. The van der Waals surface area contributed by atoms with E-state index in [-0.39, 0.29) is 17.0 Å². The molecule has 0 fully saturated rings. The summed E-state index contributed by atoms with van der Waals surface area (Å²) in [6, 6.07) is 7.54. The van der Waals surface area contributed by atoms with E-state index in [0.29, 0.717) is 5.69 Å². The van der Waals surface area contributed by atoms with Crippen molar-refractivity contribution in [1.82, 2.24) is 0 Å². The third kappa shape index (κ3) is 3.92. The van der Waals surface area contributed by atoms with Gasteiger partial charge < -0.3 is 5.32 Å². The number of benzene rings is 1. The Kier molecular flexibility index (Phi) is 4.59. The fourth-order valence-electron chi connectivity index (χ4n) is 1.39. The van der Waals surface area contributed by atoms with E-state index in [0.717, 1.165) is 0 Å². The molecular weight excluding hydrogens is 258 g/mol. The number of nitro benzene ring substituents is 1. The van der Waals surface area contributed by atoms with Crippen LogP contribution in [-0.2, 0) is 4.79 Å². The number of ketones is 1. The van der Waals surface area contributed by atoms with Crippen LogP contribution in [0.15, 0.2) is 36.0 Å². The summed E-state index contributed by atoms with van der Waals surface area (Å²) >= 11 is 0. The first kappa shape index (κ1) is 15.4. The summed E-state index contributed by atoms with van der Waals surface area (Å²) in [6.45, 7) is 5.19. The number of anilines is 1. The van der Waals surface area contributed by atoms with Crippen LogP contribution in [0.5, 0.6) is 0 Å². The van der Waals surface area contributed by atoms with Crippen molar-refractivity contribution in [1.29, 1.82) is 5.26 Å². The molecule has 104 valence electrons. The maximum atomic E-state index is 11.9. The van der Waals surface area contributed by atoms with Crippen LogP contribution < -0.4 is 5.32 Å². The SMILES string of the molecule is CC(C)(C)C(=O)/C(C#N)=C/Nc1ccc([N+](=O)[O-])cc1. The maximum absolute atomic E-state index is 11.9. The van der Waals surface area contributed by atoms with Gasteiger partial charge in [-0.15, -0.1) is 0 Å². The van der Waals surface area contributed by atoms with Gasteiger partial charge in [-0.05, 0) is 12.1 Å². The van der Waals surface area contributed by atoms with Gasteiger partial charge >= 0.3 is 0 Å². The zero-order valence-corrected chi connectivity index (χ0v) is 11.5. The Bertz CT molecular complexity index is 590. The van der Waals surface area contributed by atoms with Gasteiger partial charge in [-0.1, -0.05) is 20.8 Å². The van der Waals surface area contributed by atoms with Crippen molar-refractivity contribution in [3.63, 3.8) is 0 Å². The molecule has 0 spiro atoms. The summed E-state index contributed by atoms with van der Waals surface area (Å²) in [7, 11) is 0. The number of allylic oxidation sites excluding steroid dienone is 1. The van der Waals surface area contributed by atoms with Crippen LogP contribution in [0.4, 0.5) is 11.4 Å². The van der Waals surface area contributed by atoms with Gasteiger partial charge in [-0.3, -0.25) is 14.9 Å². The number of hydrogen-bond acceptors (Lipinski definition) is 5. The Morgan fingerprint density at radius 1 is 1.35 bits per heavy atom. The second-order valence-electron chi connectivity index (χ2n) is 5.20. The molecule has 1 aromatic rings. The first-order chi connectivity index (χ1) is 9.25. The fraction of sp³-hybridized carbons (Fsp3) is 0.286. The molecule has 0 aliphatic carbocycles. The van der Waals surface area contributed by atoms with Crippen LogP contribution in [-0.4, -0.2) is 10.7 Å². The van der Waals surface area contributed by atoms with Gasteiger partial charge in [-0.25, -0.2) is 0 Å². The van der Waals surface area contributed by atoms with Crippen molar-refractivity contribution in [3.05, 3.63) is 46.2 Å². The second-order valence-corrected chi connectivity index (χ2v) is 5.20. The minimum atomic E-state index is -0.640. The van der Waals surface area contributed by atoms with E-state index >= 15 is 0 Å². The molecule has 1 rings (SSSR count). The van der Waals surface area contributed by atoms with Crippen LogP contribution in [0, 0.1) is 26.9 Å². The highest BCUT2D eigenvalue weighted by Crippen LogP contribution is 2.20. The van der Waals surface area contributed by atoms with E-state index in [1.54, 1.807) is 20.8 Å². The number of nitriles is 1. The number of nitrogens with zero attached hydrogens (tertiary/aromatic N) is 2. The molecule has 0 aromatic heterocycles. The molecule has 0 saturated heterocycles. The van der Waals surface area contributed by atoms with Crippen LogP contribution in [0.2, 0.25) is 0 Å². The lowest BCUT2D eigenvalue weighted by Crippen LogP contribution is -2.22. The number of nitro groups is 1. The van der Waals surface area contributed by atoms with E-state index in [1.807, 2.05) is 6.07 Å². The van der Waals surface area contributed by atoms with E-state index in [9.17, 15) is 14.9 Å². The number of hydrogen-bond donors (Lipinski definition) is 1. The molecule has 0 aliphatic rings. The molecule has 6 nitrogen and oxygen atoms in total. The molecule has 0 radical (unpaired) electrons. The van der Waals surface area contributed by atoms with Crippen molar-refractivity contribution >= 4 is 17.2 Å². The zero-order valence-electron chi connectivity index (χ0n) is 11.5. The molecule has 0 unspecified atom stereocenters. The van der Waals surface area contributed by atoms with E-state index in [4.69, 9.17) is 5.26 Å². The van der Waals surface area contributed by atoms with Crippen molar-refractivity contribution in [2.75, 3.05) is 5.32 Å². The van der Waals surface area contributed by atoms with Gasteiger partial charge in [0, 0.05) is 29.4 Å². The third-order valence-corrected chi connectivity index (χ3v) is 2.51. The third-order valence-electron chi connectivity index (χ3n) is 2.51. The van der Waals surface area contributed by atoms with Crippen LogP contribution in [0.25, 0.3) is 0 Å². The van der Waals surface area contributed by atoms with Gasteiger partial charge in [0.2, 0.25) is 0 Å². The van der Waals surface area contributed by atoms with Gasteiger partial charge in [0.15, 0.2) is 5.78 Å². The fourth-order valence-corrected chi connectivity index (χ4v) is 1.39. The highest BCUT2D eigenvalue weighted by molar-refractivity contribution is 6.02. The summed E-state index contributed by atoms with van der Waals surface area (Å²) in [5, 5.41) is 22.3. The number of carbonyl (C=O) groups is 1. The number of nitrogens with one attached hydrogen (secondary N) is 1. The molecule has 1 N–H and O–H groups in total. The van der Waals surface area contributed by atoms with Crippen molar-refractivity contribution in [3.8, 4) is 6.07 Å². The molecule has 0 aliphatic heterocycles. The molecule has 1 aromatic carbocycles. The molecule has 20 heavy (non-hydrogen) atoms. The lowest BCUT2D eigenvalue weighted by Gasteiger charge is -2.15. The van der Waals surface area contributed by atoms with Gasteiger partial charge in [0.25, 0.3) is 5.69 Å². The normalized spacial score (nSPS) is 11.6. The summed E-state index contributed by atoms with van der Waals surface area (Å²) < 4.78 is 0. The Hall–Kier alpha value is -2.68. The van der Waals surface area contributed by atoms with Crippen molar-refractivity contribution < 1.29 is 9.72 Å². The van der Waals surface area contributed by atoms with Crippen LogP contribution in [0.3, 0.4) is 0 Å². The number of non-ortho nitro benzene ring substituents is 1. The quantitative estimate of drug-likeness (QED) is 0.393. The van der Waals surface area contributed by atoms with Crippen molar-refractivity contribution in [2.24, 2.45) is 5.41 Å². The first-order valence-corrected chi connectivity index (χ1v) is 5.92. The monoisotopic (exact) mass is 273 g/mol. The molecule has 6 heteroatoms. The van der Waals surface area contributed by atoms with Gasteiger partial charge in [-0.2, -0.15) is 5.26 Å². The molecule has 0 atom stereocenters. The highest BCUT2D eigenvalue weighted by Gasteiger charge is 2.24. The summed E-state index contributed by atoms with van der Waals surface area (Å²) in [4.78, 5) is 22.0. The Balaban J connectivity index is 2.87. The predicted octanol–water partition coefficient (Wildman–Crippen LogP) is 3.03. The lowest BCUT2D eigenvalue weighted by atomic mass is 9.87. The van der Waals surface area contributed by atoms with Crippen molar-refractivity contribution in [2.45, 2.75) is 20.8 Å². The smallest absolute Gasteiger partial charge is 0.269 e. The minimum absolute atomic E-state index is 0.0100. The summed E-state index contributed by atoms with van der Waals surface area (Å²) in [6.07, 6.45) is 1.31. The summed E-state index contributed by atoms with van der Waals surface area (Å²) in [5.74, 6) is -0.269. The maximum Gasteiger partial charge on any atom is 0.269 e. The standard InChI is InChI=1S/C14H15N3O3/c1-14(2,3)13(18)10(8-15)9-16-11-4-6-12(7-5-11)17(19)20/h4-7,9,16H,1-3H3/b10-9+. The average molecular weight is 273 g/mol. The van der Waals surface area contributed by atoms with E-state index in [2.05, 4.69) is 5.32 Å². The predicted molar refractivity (Wildman–Crippen MR) is 74.9 cm³/mol. The number of carbonyl (C=O) groups excluding carboxylic acids is 1. The van der Waals surface area contributed by atoms with Gasteiger partial charge in [0.1, 0.15) is 11.6 Å². The molecule has 0 heterocycles. The molecular formula is C14H15N3O3. The number of rotatable bonds is 4. The second kappa shape index (κ2) is 5.97.